The van der Waals surface area contributed by atoms with Crippen LogP contribution in [0.15, 0.2) is 29.2 Å². The van der Waals surface area contributed by atoms with E-state index >= 15 is 0 Å². The van der Waals surface area contributed by atoms with Crippen molar-refractivity contribution < 1.29 is 13.2 Å². The van der Waals surface area contributed by atoms with Crippen LogP contribution in [0.1, 0.15) is 55.8 Å². The van der Waals surface area contributed by atoms with Gasteiger partial charge in [0, 0.05) is 31.7 Å². The Labute approximate surface area is 151 Å². The molecule has 1 heterocycles. The molecule has 0 bridgehead atoms. The summed E-state index contributed by atoms with van der Waals surface area (Å²) in [6, 6.07) is 6.66. The number of carbonyl (C=O) groups excluding carboxylic acids is 1. The largest absolute Gasteiger partial charge is 0.339 e. The van der Waals surface area contributed by atoms with Gasteiger partial charge in [-0.05, 0) is 62.8 Å². The first-order valence-corrected chi connectivity index (χ1v) is 10.7. The Balaban J connectivity index is 1.73. The van der Waals surface area contributed by atoms with Gasteiger partial charge in [0.15, 0.2) is 0 Å². The molecule has 0 N–H and O–H groups in total. The van der Waals surface area contributed by atoms with Crippen LogP contribution >= 0.6 is 0 Å². The van der Waals surface area contributed by atoms with Gasteiger partial charge in [-0.2, -0.15) is 4.31 Å². The van der Waals surface area contributed by atoms with Crippen molar-refractivity contribution in [2.75, 3.05) is 20.1 Å². The summed E-state index contributed by atoms with van der Waals surface area (Å²) in [5.74, 6) is 0.565. The number of carbonyl (C=O) groups is 1. The van der Waals surface area contributed by atoms with E-state index in [0.29, 0.717) is 24.6 Å². The number of sulfonamides is 1. The van der Waals surface area contributed by atoms with Gasteiger partial charge < -0.3 is 4.90 Å². The molecule has 1 aliphatic heterocycles. The first-order valence-electron chi connectivity index (χ1n) is 9.28. The zero-order valence-corrected chi connectivity index (χ0v) is 16.0. The van der Waals surface area contributed by atoms with Crippen LogP contribution in [-0.4, -0.2) is 49.7 Å². The van der Waals surface area contributed by atoms with Crippen LogP contribution in [0.3, 0.4) is 0 Å². The fraction of sp³-hybridized carbons (Fsp3) is 0.632. The summed E-state index contributed by atoms with van der Waals surface area (Å²) in [4.78, 5) is 14.6. The number of hydrogen-bond donors (Lipinski definition) is 0. The maximum Gasteiger partial charge on any atom is 0.253 e. The van der Waals surface area contributed by atoms with Gasteiger partial charge in [-0.25, -0.2) is 8.42 Å². The first-order chi connectivity index (χ1) is 11.9. The van der Waals surface area contributed by atoms with E-state index in [1.807, 2.05) is 7.05 Å². The van der Waals surface area contributed by atoms with Crippen LogP contribution in [0.4, 0.5) is 0 Å². The third-order valence-corrected chi connectivity index (χ3v) is 7.45. The molecule has 1 atom stereocenters. The average Bonchev–Trinajstić information content (AvgIpc) is 3.46. The molecular weight excluding hydrogens is 336 g/mol. The summed E-state index contributed by atoms with van der Waals surface area (Å²) in [7, 11) is -1.63. The predicted molar refractivity (Wildman–Crippen MR) is 97.9 cm³/mol. The summed E-state index contributed by atoms with van der Waals surface area (Å²) in [5, 5.41) is 0. The van der Waals surface area contributed by atoms with E-state index in [9.17, 15) is 13.2 Å². The van der Waals surface area contributed by atoms with Gasteiger partial charge in [-0.15, -0.1) is 0 Å². The monoisotopic (exact) mass is 364 g/mol. The molecular formula is C19H28N2O3S. The summed E-state index contributed by atoms with van der Waals surface area (Å²) in [6.45, 7) is 3.25. The van der Waals surface area contributed by atoms with Crippen LogP contribution in [-0.2, 0) is 10.0 Å². The fourth-order valence-corrected chi connectivity index (χ4v) is 5.00. The van der Waals surface area contributed by atoms with Crippen molar-refractivity contribution in [3.63, 3.8) is 0 Å². The molecule has 1 saturated carbocycles. The second kappa shape index (κ2) is 7.46. The Hall–Kier alpha value is -1.40. The highest BCUT2D eigenvalue weighted by Gasteiger charge is 2.33. The number of hydrogen-bond acceptors (Lipinski definition) is 3. The maximum absolute atomic E-state index is 12.8. The SMILES string of the molecule is C[C@@H](C1CC1)N(C)C(=O)c1ccc(S(=O)(=O)N2CCCCCC2)cc1. The van der Waals surface area contributed by atoms with E-state index < -0.39 is 10.0 Å². The molecule has 2 aliphatic rings. The van der Waals surface area contributed by atoms with Crippen molar-refractivity contribution in [3.8, 4) is 0 Å². The summed E-state index contributed by atoms with van der Waals surface area (Å²) >= 11 is 0. The minimum atomic E-state index is -3.46. The van der Waals surface area contributed by atoms with Crippen molar-refractivity contribution in [2.45, 2.75) is 56.4 Å². The van der Waals surface area contributed by atoms with Gasteiger partial charge in [-0.1, -0.05) is 12.8 Å². The molecule has 5 nitrogen and oxygen atoms in total. The molecule has 0 aromatic heterocycles. The van der Waals surface area contributed by atoms with E-state index in [1.165, 1.54) is 12.8 Å². The molecule has 1 aromatic rings. The lowest BCUT2D eigenvalue weighted by molar-refractivity contribution is 0.0727. The van der Waals surface area contributed by atoms with Crippen LogP contribution in [0, 0.1) is 5.92 Å². The molecule has 0 radical (unpaired) electrons. The van der Waals surface area contributed by atoms with Gasteiger partial charge in [-0.3, -0.25) is 4.79 Å². The highest BCUT2D eigenvalue weighted by atomic mass is 32.2. The number of amides is 1. The molecule has 1 aromatic carbocycles. The minimum Gasteiger partial charge on any atom is -0.339 e. The highest BCUT2D eigenvalue weighted by Crippen LogP contribution is 2.35. The van der Waals surface area contributed by atoms with Crippen molar-refractivity contribution in [1.82, 2.24) is 9.21 Å². The van der Waals surface area contributed by atoms with Gasteiger partial charge in [0.1, 0.15) is 0 Å². The minimum absolute atomic E-state index is 0.0434. The normalized spacial score (nSPS) is 20.7. The summed E-state index contributed by atoms with van der Waals surface area (Å²) in [6.07, 6.45) is 6.38. The second-order valence-electron chi connectivity index (χ2n) is 7.34. The molecule has 1 aliphatic carbocycles. The number of rotatable bonds is 5. The number of benzene rings is 1. The smallest absolute Gasteiger partial charge is 0.253 e. The first kappa shape index (κ1) is 18.4. The zero-order valence-electron chi connectivity index (χ0n) is 15.1. The standard InChI is InChI=1S/C19H28N2O3S/c1-15(16-7-8-16)20(2)19(22)17-9-11-18(12-10-17)25(23,24)21-13-5-3-4-6-14-21/h9-12,15-16H,3-8,13-14H2,1-2H3/t15-/m0/s1. The molecule has 25 heavy (non-hydrogen) atoms. The summed E-state index contributed by atoms with van der Waals surface area (Å²) < 4.78 is 27.2. The Morgan fingerprint density at radius 2 is 1.64 bits per heavy atom. The highest BCUT2D eigenvalue weighted by molar-refractivity contribution is 7.89. The number of nitrogens with zero attached hydrogens (tertiary/aromatic N) is 2. The van der Waals surface area contributed by atoms with Gasteiger partial charge >= 0.3 is 0 Å². The van der Waals surface area contributed by atoms with Crippen molar-refractivity contribution >= 4 is 15.9 Å². The fourth-order valence-electron chi connectivity index (χ4n) is 3.48. The molecule has 3 rings (SSSR count). The van der Waals surface area contributed by atoms with Gasteiger partial charge in [0.05, 0.1) is 4.90 Å². The maximum atomic E-state index is 12.8. The molecule has 0 spiro atoms. The second-order valence-corrected chi connectivity index (χ2v) is 9.27. The lowest BCUT2D eigenvalue weighted by Crippen LogP contribution is -2.36. The Bertz CT molecular complexity index is 703. The van der Waals surface area contributed by atoms with E-state index in [0.717, 1.165) is 25.7 Å². The van der Waals surface area contributed by atoms with Crippen molar-refractivity contribution in [2.24, 2.45) is 5.92 Å². The van der Waals surface area contributed by atoms with Crippen LogP contribution < -0.4 is 0 Å². The zero-order chi connectivity index (χ0) is 18.0. The average molecular weight is 365 g/mol. The van der Waals surface area contributed by atoms with E-state index in [2.05, 4.69) is 6.92 Å². The molecule has 0 unspecified atom stereocenters. The van der Waals surface area contributed by atoms with Crippen molar-refractivity contribution in [1.29, 1.82) is 0 Å². The van der Waals surface area contributed by atoms with Gasteiger partial charge in [0.2, 0.25) is 10.0 Å². The lowest BCUT2D eigenvalue weighted by atomic mass is 10.1. The Kier molecular flexibility index (Phi) is 5.49. The topological polar surface area (TPSA) is 57.7 Å². The van der Waals surface area contributed by atoms with Crippen LogP contribution in [0.25, 0.3) is 0 Å². The van der Waals surface area contributed by atoms with E-state index in [1.54, 1.807) is 33.5 Å². The molecule has 1 saturated heterocycles. The third-order valence-electron chi connectivity index (χ3n) is 5.54. The van der Waals surface area contributed by atoms with Crippen LogP contribution in [0.5, 0.6) is 0 Å². The summed E-state index contributed by atoms with van der Waals surface area (Å²) in [5.41, 5.74) is 0.546. The van der Waals surface area contributed by atoms with E-state index in [4.69, 9.17) is 0 Å². The quantitative estimate of drug-likeness (QED) is 0.806. The molecule has 1 amide bonds. The third kappa shape index (κ3) is 4.06. The Morgan fingerprint density at radius 3 is 2.16 bits per heavy atom. The van der Waals surface area contributed by atoms with Crippen LogP contribution in [0.2, 0.25) is 0 Å². The van der Waals surface area contributed by atoms with Crippen molar-refractivity contribution in [3.05, 3.63) is 29.8 Å². The van der Waals surface area contributed by atoms with E-state index in [-0.39, 0.29) is 16.8 Å². The molecule has 6 heteroatoms. The molecule has 138 valence electrons. The lowest BCUT2D eigenvalue weighted by Gasteiger charge is -2.25. The molecule has 2 fully saturated rings. The Morgan fingerprint density at radius 1 is 1.08 bits per heavy atom. The van der Waals surface area contributed by atoms with Gasteiger partial charge in [0.25, 0.3) is 5.91 Å². The predicted octanol–water partition coefficient (Wildman–Crippen LogP) is 3.12.